The zero-order valence-electron chi connectivity index (χ0n) is 21.6. The maximum Gasteiger partial charge on any atom is 0.436 e. The van der Waals surface area contributed by atoms with Crippen molar-refractivity contribution < 1.29 is 14.4 Å². The van der Waals surface area contributed by atoms with E-state index in [1.165, 1.54) is 31.3 Å². The number of likely N-dealkylation sites (N-methyl/N-ethyl adjacent to an activating group) is 1. The summed E-state index contributed by atoms with van der Waals surface area (Å²) in [5.41, 5.74) is 2.87. The minimum atomic E-state index is -0.299. The number of ketones is 1. The Labute approximate surface area is 204 Å². The first-order chi connectivity index (χ1) is 16.3. The van der Waals surface area contributed by atoms with Crippen molar-refractivity contribution in [1.82, 2.24) is 10.2 Å². The van der Waals surface area contributed by atoms with Gasteiger partial charge in [0.2, 0.25) is 0 Å². The van der Waals surface area contributed by atoms with Crippen LogP contribution in [0.5, 0.6) is 0 Å². The van der Waals surface area contributed by atoms with Gasteiger partial charge in [-0.2, -0.15) is 0 Å². The second-order valence-corrected chi connectivity index (χ2v) is 12.3. The van der Waals surface area contributed by atoms with Gasteiger partial charge in [0.25, 0.3) is 0 Å². The van der Waals surface area contributed by atoms with Gasteiger partial charge >= 0.3 is 6.09 Å². The Morgan fingerprint density at radius 2 is 1.97 bits per heavy atom. The molecular formula is C28H43N3O3. The van der Waals surface area contributed by atoms with E-state index in [0.717, 1.165) is 63.2 Å². The van der Waals surface area contributed by atoms with Gasteiger partial charge in [-0.1, -0.05) is 24.6 Å². The molecule has 188 valence electrons. The number of oxime groups is 1. The average molecular weight is 470 g/mol. The van der Waals surface area contributed by atoms with Gasteiger partial charge < -0.3 is 10.2 Å². The molecule has 0 aromatic carbocycles. The first-order valence-electron chi connectivity index (χ1n) is 13.7. The lowest BCUT2D eigenvalue weighted by Gasteiger charge is -2.58. The van der Waals surface area contributed by atoms with Crippen LogP contribution in [-0.2, 0) is 9.63 Å². The number of nitrogens with zero attached hydrogens (tertiary/aromatic N) is 2. The highest BCUT2D eigenvalue weighted by atomic mass is 16.7. The molecule has 7 atom stereocenters. The molecule has 0 radical (unpaired) electrons. The Kier molecular flexibility index (Phi) is 6.41. The predicted molar refractivity (Wildman–Crippen MR) is 133 cm³/mol. The molecule has 0 unspecified atom stereocenters. The van der Waals surface area contributed by atoms with Crippen molar-refractivity contribution in [2.75, 3.05) is 20.1 Å². The van der Waals surface area contributed by atoms with Crippen LogP contribution in [0, 0.1) is 34.5 Å². The maximum atomic E-state index is 12.7. The van der Waals surface area contributed by atoms with E-state index < -0.39 is 0 Å². The van der Waals surface area contributed by atoms with Crippen molar-refractivity contribution >= 4 is 17.6 Å². The summed E-state index contributed by atoms with van der Waals surface area (Å²) in [5, 5.41) is 7.61. The molecule has 1 saturated heterocycles. The second-order valence-electron chi connectivity index (χ2n) is 12.3. The molecule has 0 spiro atoms. The lowest BCUT2D eigenvalue weighted by molar-refractivity contribution is -0.117. The molecule has 6 nitrogen and oxygen atoms in total. The predicted octanol–water partition coefficient (Wildman–Crippen LogP) is 5.33. The topological polar surface area (TPSA) is 71.0 Å². The first kappa shape index (κ1) is 24.0. The summed E-state index contributed by atoms with van der Waals surface area (Å²) in [5.74, 6) is 2.86. The van der Waals surface area contributed by atoms with Gasteiger partial charge in [-0.15, -0.1) is 0 Å². The lowest BCUT2D eigenvalue weighted by Crippen LogP contribution is -2.51. The van der Waals surface area contributed by atoms with Crippen molar-refractivity contribution in [3.63, 3.8) is 0 Å². The average Bonchev–Trinajstić information content (AvgIpc) is 3.42. The number of nitrogens with one attached hydrogen (secondary N) is 1. The highest BCUT2D eigenvalue weighted by Gasteiger charge is 2.59. The zero-order chi connectivity index (χ0) is 24.1. The van der Waals surface area contributed by atoms with Crippen LogP contribution in [0.4, 0.5) is 4.79 Å². The number of rotatable bonds is 4. The highest BCUT2D eigenvalue weighted by Crippen LogP contribution is 2.66. The summed E-state index contributed by atoms with van der Waals surface area (Å²) < 4.78 is 0. The van der Waals surface area contributed by atoms with Crippen molar-refractivity contribution in [3.05, 3.63) is 11.6 Å². The molecule has 4 fully saturated rings. The van der Waals surface area contributed by atoms with Gasteiger partial charge in [0.1, 0.15) is 0 Å². The van der Waals surface area contributed by atoms with E-state index >= 15 is 0 Å². The van der Waals surface area contributed by atoms with Crippen LogP contribution in [-0.4, -0.2) is 48.7 Å². The Morgan fingerprint density at radius 1 is 1.15 bits per heavy atom. The van der Waals surface area contributed by atoms with Crippen molar-refractivity contribution in [2.45, 2.75) is 91.0 Å². The van der Waals surface area contributed by atoms with Crippen LogP contribution in [0.2, 0.25) is 0 Å². The summed E-state index contributed by atoms with van der Waals surface area (Å²) in [6.07, 6.45) is 12.6. The standard InChI is InChI=1S/C28H43N3O3/c1-18(30-34-26(33)31-15-5-6-20(31)17-29-4)23-9-10-24-22-8-7-19-16-21(32)11-13-27(19,2)25(22)12-14-28(23,24)3/h16,20,22-25,29H,5-15,17H2,1-4H3/b30-18+/t20-,22-,23+,24-,25-,27-,28+/m0/s1. The number of fused-ring (bicyclic) bond motifs is 5. The van der Waals surface area contributed by atoms with Crippen LogP contribution in [0.3, 0.4) is 0 Å². The van der Waals surface area contributed by atoms with E-state index in [2.05, 4.69) is 31.2 Å². The van der Waals surface area contributed by atoms with Crippen LogP contribution in [0.1, 0.15) is 85.0 Å². The van der Waals surface area contributed by atoms with Crippen LogP contribution in [0.25, 0.3) is 0 Å². The Morgan fingerprint density at radius 3 is 2.76 bits per heavy atom. The summed E-state index contributed by atoms with van der Waals surface area (Å²) in [7, 11) is 1.92. The molecule has 5 aliphatic rings. The van der Waals surface area contributed by atoms with Crippen molar-refractivity contribution in [2.24, 2.45) is 39.7 Å². The Bertz CT molecular complexity index is 897. The molecule has 1 amide bonds. The molecule has 5 rings (SSSR count). The Hall–Kier alpha value is -1.69. The van der Waals surface area contributed by atoms with Gasteiger partial charge in [-0.25, -0.2) is 4.79 Å². The minimum Gasteiger partial charge on any atom is -0.318 e. The van der Waals surface area contributed by atoms with E-state index in [1.807, 2.05) is 18.0 Å². The molecule has 0 bridgehead atoms. The molecule has 6 heteroatoms. The van der Waals surface area contributed by atoms with Crippen molar-refractivity contribution in [1.29, 1.82) is 0 Å². The zero-order valence-corrected chi connectivity index (χ0v) is 21.6. The maximum absolute atomic E-state index is 12.7. The largest absolute Gasteiger partial charge is 0.436 e. The number of amides is 1. The van der Waals surface area contributed by atoms with Gasteiger partial charge in [-0.3, -0.25) is 9.63 Å². The van der Waals surface area contributed by atoms with Gasteiger partial charge in [-0.05, 0) is 106 Å². The number of allylic oxidation sites excluding steroid dienone is 1. The number of carbonyl (C=O) groups is 2. The van der Waals surface area contributed by atoms with E-state index in [1.54, 1.807) is 0 Å². The lowest BCUT2D eigenvalue weighted by atomic mass is 9.46. The van der Waals surface area contributed by atoms with Gasteiger partial charge in [0, 0.05) is 31.5 Å². The second kappa shape index (κ2) is 9.07. The SMILES string of the molecule is CNC[C@@H]1CCCN1C(=O)O/N=C(\C)[C@H]1CC[C@H]2[C@@H]3CCC4=CC(=O)CC[C@]4(C)[C@H]3CC[C@]12C. The van der Waals surface area contributed by atoms with Crippen LogP contribution < -0.4 is 5.32 Å². The summed E-state index contributed by atoms with van der Waals surface area (Å²) in [6.45, 7) is 8.55. The minimum absolute atomic E-state index is 0.207. The third-order valence-electron chi connectivity index (χ3n) is 10.8. The van der Waals surface area contributed by atoms with E-state index in [9.17, 15) is 9.59 Å². The summed E-state index contributed by atoms with van der Waals surface area (Å²) in [6, 6.07) is 0.207. The molecular weight excluding hydrogens is 426 g/mol. The molecule has 1 aliphatic heterocycles. The monoisotopic (exact) mass is 469 g/mol. The van der Waals surface area contributed by atoms with E-state index in [4.69, 9.17) is 4.84 Å². The molecule has 34 heavy (non-hydrogen) atoms. The summed E-state index contributed by atoms with van der Waals surface area (Å²) >= 11 is 0. The first-order valence-corrected chi connectivity index (χ1v) is 13.7. The number of hydrogen-bond donors (Lipinski definition) is 1. The van der Waals surface area contributed by atoms with E-state index in [-0.39, 0.29) is 23.0 Å². The molecule has 4 aliphatic carbocycles. The Balaban J connectivity index is 1.28. The molecule has 3 saturated carbocycles. The smallest absolute Gasteiger partial charge is 0.318 e. The van der Waals surface area contributed by atoms with Gasteiger partial charge in [0.15, 0.2) is 5.78 Å². The normalized spacial score (nSPS) is 42.1. The fourth-order valence-electron chi connectivity index (χ4n) is 9.00. The summed E-state index contributed by atoms with van der Waals surface area (Å²) in [4.78, 5) is 32.2. The quantitative estimate of drug-likeness (QED) is 0.343. The van der Waals surface area contributed by atoms with Crippen molar-refractivity contribution in [3.8, 4) is 0 Å². The number of likely N-dealkylation sites (tertiary alicyclic amines) is 1. The highest BCUT2D eigenvalue weighted by molar-refractivity contribution is 5.91. The number of carbonyl (C=O) groups excluding carboxylic acids is 2. The third kappa shape index (κ3) is 3.84. The fraction of sp³-hybridized carbons (Fsp3) is 0.821. The fourth-order valence-corrected chi connectivity index (χ4v) is 9.00. The number of hydrogen-bond acceptors (Lipinski definition) is 5. The third-order valence-corrected chi connectivity index (χ3v) is 10.8. The van der Waals surface area contributed by atoms with E-state index in [0.29, 0.717) is 23.5 Å². The molecule has 1 heterocycles. The van der Waals surface area contributed by atoms with Gasteiger partial charge in [0.05, 0.1) is 5.71 Å². The van der Waals surface area contributed by atoms with Crippen LogP contribution in [0.15, 0.2) is 16.8 Å². The molecule has 0 aromatic rings. The molecule has 1 N–H and O–H groups in total. The molecule has 0 aromatic heterocycles. The van der Waals surface area contributed by atoms with Crippen LogP contribution >= 0.6 is 0 Å².